The SMILES string of the molecule is O=C(CSc1ccccc1)N/N=C/c1ccc([N+](=O)[O-])o1. The molecule has 8 heteroatoms. The summed E-state index contributed by atoms with van der Waals surface area (Å²) in [7, 11) is 0. The molecule has 0 atom stereocenters. The van der Waals surface area contributed by atoms with E-state index in [1.807, 2.05) is 30.3 Å². The van der Waals surface area contributed by atoms with E-state index in [1.165, 1.54) is 30.1 Å². The zero-order chi connectivity index (χ0) is 15.1. The highest BCUT2D eigenvalue weighted by atomic mass is 32.2. The van der Waals surface area contributed by atoms with Gasteiger partial charge in [0.25, 0.3) is 0 Å². The maximum absolute atomic E-state index is 11.5. The topological polar surface area (TPSA) is 97.7 Å². The van der Waals surface area contributed by atoms with Crippen molar-refractivity contribution in [1.29, 1.82) is 0 Å². The summed E-state index contributed by atoms with van der Waals surface area (Å²) in [6.45, 7) is 0. The highest BCUT2D eigenvalue weighted by molar-refractivity contribution is 8.00. The number of carbonyl (C=O) groups is 1. The first-order chi connectivity index (χ1) is 10.1. The number of furan rings is 1. The van der Waals surface area contributed by atoms with E-state index in [9.17, 15) is 14.9 Å². The van der Waals surface area contributed by atoms with E-state index in [2.05, 4.69) is 10.5 Å². The number of nitro groups is 1. The predicted molar refractivity (Wildman–Crippen MR) is 78.3 cm³/mol. The lowest BCUT2D eigenvalue weighted by atomic mass is 10.4. The van der Waals surface area contributed by atoms with Gasteiger partial charge in [0.2, 0.25) is 5.91 Å². The molecule has 0 unspecified atom stereocenters. The Bertz CT molecular complexity index is 654. The van der Waals surface area contributed by atoms with E-state index in [4.69, 9.17) is 4.42 Å². The molecule has 0 saturated heterocycles. The van der Waals surface area contributed by atoms with Crippen LogP contribution in [-0.4, -0.2) is 22.8 Å². The maximum Gasteiger partial charge on any atom is 0.433 e. The standard InChI is InChI=1S/C13H11N3O4S/c17-12(9-21-11-4-2-1-3-5-11)15-14-8-10-6-7-13(20-10)16(18)19/h1-8H,9H2,(H,15,17)/b14-8+. The van der Waals surface area contributed by atoms with Gasteiger partial charge in [0.05, 0.1) is 18.0 Å². The number of hydrogen-bond donors (Lipinski definition) is 1. The Balaban J connectivity index is 1.77. The lowest BCUT2D eigenvalue weighted by Gasteiger charge is -1.99. The molecule has 2 rings (SSSR count). The monoisotopic (exact) mass is 305 g/mol. The minimum absolute atomic E-state index is 0.192. The van der Waals surface area contributed by atoms with Crippen LogP contribution in [-0.2, 0) is 4.79 Å². The largest absolute Gasteiger partial charge is 0.433 e. The first-order valence-electron chi connectivity index (χ1n) is 5.89. The molecule has 1 amide bonds. The highest BCUT2D eigenvalue weighted by Crippen LogP contribution is 2.16. The molecular formula is C13H11N3O4S. The van der Waals surface area contributed by atoms with Crippen LogP contribution in [0.5, 0.6) is 0 Å². The molecular weight excluding hydrogens is 294 g/mol. The molecule has 1 N–H and O–H groups in total. The maximum atomic E-state index is 11.5. The molecule has 0 aliphatic heterocycles. The van der Waals surface area contributed by atoms with Gasteiger partial charge in [-0.1, -0.05) is 18.2 Å². The molecule has 7 nitrogen and oxygen atoms in total. The van der Waals surface area contributed by atoms with Crippen LogP contribution in [0.4, 0.5) is 5.88 Å². The summed E-state index contributed by atoms with van der Waals surface area (Å²) >= 11 is 1.38. The van der Waals surface area contributed by atoms with Crippen molar-refractivity contribution in [3.63, 3.8) is 0 Å². The number of carbonyl (C=O) groups excluding carboxylic acids is 1. The summed E-state index contributed by atoms with van der Waals surface area (Å²) in [5.41, 5.74) is 2.32. The number of thioether (sulfide) groups is 1. The third kappa shape index (κ3) is 4.77. The molecule has 0 radical (unpaired) electrons. The Kier molecular flexibility index (Phi) is 5.10. The summed E-state index contributed by atoms with van der Waals surface area (Å²) in [6.07, 6.45) is 1.21. The van der Waals surface area contributed by atoms with Gasteiger partial charge in [0.1, 0.15) is 4.92 Å². The number of nitrogens with one attached hydrogen (secondary N) is 1. The third-order valence-corrected chi connectivity index (χ3v) is 3.30. The van der Waals surface area contributed by atoms with E-state index >= 15 is 0 Å². The van der Waals surface area contributed by atoms with Crippen molar-refractivity contribution in [2.75, 3.05) is 5.75 Å². The van der Waals surface area contributed by atoms with Crippen LogP contribution < -0.4 is 5.43 Å². The molecule has 2 aromatic rings. The van der Waals surface area contributed by atoms with Crippen molar-refractivity contribution in [3.8, 4) is 0 Å². The molecule has 0 aliphatic carbocycles. The zero-order valence-corrected chi connectivity index (χ0v) is 11.6. The summed E-state index contributed by atoms with van der Waals surface area (Å²) in [5, 5.41) is 14.1. The first kappa shape index (κ1) is 14.8. The van der Waals surface area contributed by atoms with Crippen molar-refractivity contribution >= 4 is 29.8 Å². The zero-order valence-electron chi connectivity index (χ0n) is 10.8. The second kappa shape index (κ2) is 7.25. The molecule has 1 heterocycles. The fraction of sp³-hybridized carbons (Fsp3) is 0.0769. The van der Waals surface area contributed by atoms with Crippen molar-refractivity contribution in [3.05, 3.63) is 58.3 Å². The molecule has 0 spiro atoms. The van der Waals surface area contributed by atoms with Gasteiger partial charge in [-0.3, -0.25) is 14.9 Å². The van der Waals surface area contributed by atoms with Gasteiger partial charge < -0.3 is 4.42 Å². The van der Waals surface area contributed by atoms with Crippen LogP contribution in [0.15, 0.2) is 56.9 Å². The van der Waals surface area contributed by atoms with Crippen LogP contribution in [0.2, 0.25) is 0 Å². The molecule has 0 bridgehead atoms. The van der Waals surface area contributed by atoms with Gasteiger partial charge >= 0.3 is 5.88 Å². The van der Waals surface area contributed by atoms with E-state index in [-0.39, 0.29) is 23.3 Å². The lowest BCUT2D eigenvalue weighted by Crippen LogP contribution is -2.19. The second-order valence-corrected chi connectivity index (χ2v) is 4.88. The van der Waals surface area contributed by atoms with E-state index in [1.54, 1.807) is 0 Å². The van der Waals surface area contributed by atoms with Crippen molar-refractivity contribution in [1.82, 2.24) is 5.43 Å². The van der Waals surface area contributed by atoms with E-state index in [0.717, 1.165) is 4.90 Å². The Hall–Kier alpha value is -2.61. The Morgan fingerprint density at radius 1 is 1.33 bits per heavy atom. The van der Waals surface area contributed by atoms with Gasteiger partial charge in [0, 0.05) is 4.90 Å². The van der Waals surface area contributed by atoms with Crippen molar-refractivity contribution in [2.45, 2.75) is 4.90 Å². The summed E-state index contributed by atoms with van der Waals surface area (Å²) in [6, 6.07) is 12.1. The van der Waals surface area contributed by atoms with E-state index < -0.39 is 4.92 Å². The number of amides is 1. The smallest absolute Gasteiger partial charge is 0.400 e. The normalized spacial score (nSPS) is 10.7. The first-order valence-corrected chi connectivity index (χ1v) is 6.87. The van der Waals surface area contributed by atoms with Gasteiger partial charge in [-0.05, 0) is 18.2 Å². The lowest BCUT2D eigenvalue weighted by molar-refractivity contribution is -0.402. The fourth-order valence-electron chi connectivity index (χ4n) is 1.38. The summed E-state index contributed by atoms with van der Waals surface area (Å²) in [5.74, 6) is -0.235. The average molecular weight is 305 g/mol. The predicted octanol–water partition coefficient (Wildman–Crippen LogP) is 2.43. The van der Waals surface area contributed by atoms with Crippen LogP contribution in [0.25, 0.3) is 0 Å². The van der Waals surface area contributed by atoms with Gasteiger partial charge in [-0.2, -0.15) is 5.10 Å². The van der Waals surface area contributed by atoms with Gasteiger partial charge in [0.15, 0.2) is 5.76 Å². The highest BCUT2D eigenvalue weighted by Gasteiger charge is 2.10. The summed E-state index contributed by atoms with van der Waals surface area (Å²) < 4.78 is 4.85. The second-order valence-electron chi connectivity index (χ2n) is 3.83. The van der Waals surface area contributed by atoms with Crippen molar-refractivity contribution < 1.29 is 14.1 Å². The Labute approximate surface area is 124 Å². The van der Waals surface area contributed by atoms with Crippen LogP contribution in [0.3, 0.4) is 0 Å². The average Bonchev–Trinajstić information content (AvgIpc) is 2.95. The number of rotatable bonds is 6. The molecule has 21 heavy (non-hydrogen) atoms. The van der Waals surface area contributed by atoms with Gasteiger partial charge in [-0.15, -0.1) is 11.8 Å². The third-order valence-electron chi connectivity index (χ3n) is 2.29. The Morgan fingerprint density at radius 3 is 2.76 bits per heavy atom. The number of benzene rings is 1. The van der Waals surface area contributed by atoms with Crippen LogP contribution >= 0.6 is 11.8 Å². The van der Waals surface area contributed by atoms with Crippen molar-refractivity contribution in [2.24, 2.45) is 5.10 Å². The molecule has 1 aromatic carbocycles. The van der Waals surface area contributed by atoms with Crippen LogP contribution in [0, 0.1) is 10.1 Å². The molecule has 1 aromatic heterocycles. The molecule has 0 fully saturated rings. The minimum Gasteiger partial charge on any atom is -0.400 e. The number of hydrogen-bond acceptors (Lipinski definition) is 6. The fourth-order valence-corrected chi connectivity index (χ4v) is 2.09. The number of hydrazone groups is 1. The quantitative estimate of drug-likeness (QED) is 0.382. The molecule has 0 saturated carbocycles. The van der Waals surface area contributed by atoms with Gasteiger partial charge in [-0.25, -0.2) is 5.43 Å². The Morgan fingerprint density at radius 2 is 2.10 bits per heavy atom. The number of nitrogens with zero attached hydrogens (tertiary/aromatic N) is 2. The van der Waals surface area contributed by atoms with E-state index in [0.29, 0.717) is 0 Å². The minimum atomic E-state index is -0.646. The summed E-state index contributed by atoms with van der Waals surface area (Å²) in [4.78, 5) is 22.3. The molecule has 0 aliphatic rings. The molecule has 108 valence electrons. The van der Waals surface area contributed by atoms with Crippen LogP contribution in [0.1, 0.15) is 5.76 Å².